The summed E-state index contributed by atoms with van der Waals surface area (Å²) < 4.78 is 20.3. The summed E-state index contributed by atoms with van der Waals surface area (Å²) in [7, 11) is 0. The molecule has 3 heteroatoms. The zero-order valence-electron chi connectivity index (χ0n) is 14.7. The monoisotopic (exact) mass is 345 g/mol. The van der Waals surface area contributed by atoms with Gasteiger partial charge in [0.2, 0.25) is 0 Å². The molecule has 0 N–H and O–H groups in total. The zero-order chi connectivity index (χ0) is 18.4. The van der Waals surface area contributed by atoms with Crippen molar-refractivity contribution < 1.29 is 9.13 Å². The number of nitriles is 1. The highest BCUT2D eigenvalue weighted by Crippen LogP contribution is 2.35. The second kappa shape index (κ2) is 8.31. The summed E-state index contributed by atoms with van der Waals surface area (Å²) in [5, 5.41) is 8.95. The van der Waals surface area contributed by atoms with E-state index in [4.69, 9.17) is 10.00 Å². The number of hydrogen-bond acceptors (Lipinski definition) is 2. The van der Waals surface area contributed by atoms with Gasteiger partial charge in [0.1, 0.15) is 11.6 Å². The third-order valence-corrected chi connectivity index (χ3v) is 4.25. The molecule has 0 saturated carbocycles. The highest BCUT2D eigenvalue weighted by molar-refractivity contribution is 5.84. The summed E-state index contributed by atoms with van der Waals surface area (Å²) in [5.41, 5.74) is 3.58. The van der Waals surface area contributed by atoms with Gasteiger partial charge >= 0.3 is 0 Å². The van der Waals surface area contributed by atoms with Gasteiger partial charge in [-0.15, -0.1) is 0 Å². The Hall–Kier alpha value is -3.12. The van der Waals surface area contributed by atoms with Crippen molar-refractivity contribution >= 4 is 0 Å². The Morgan fingerprint density at radius 2 is 1.62 bits per heavy atom. The molecular weight excluding hydrogens is 325 g/mol. The van der Waals surface area contributed by atoms with Gasteiger partial charge in [-0.3, -0.25) is 0 Å². The van der Waals surface area contributed by atoms with Crippen LogP contribution in [0.25, 0.3) is 22.3 Å². The fourth-order valence-corrected chi connectivity index (χ4v) is 2.83. The topological polar surface area (TPSA) is 33.0 Å². The maximum absolute atomic E-state index is 14.6. The second-order valence-electron chi connectivity index (χ2n) is 6.08. The van der Waals surface area contributed by atoms with Crippen molar-refractivity contribution in [3.63, 3.8) is 0 Å². The van der Waals surface area contributed by atoms with Crippen LogP contribution < -0.4 is 4.74 Å². The minimum atomic E-state index is -0.282. The van der Waals surface area contributed by atoms with Crippen molar-refractivity contribution in [3.05, 3.63) is 78.1 Å². The van der Waals surface area contributed by atoms with Crippen LogP contribution in [0, 0.1) is 17.1 Å². The van der Waals surface area contributed by atoms with Gasteiger partial charge in [-0.1, -0.05) is 49.7 Å². The van der Waals surface area contributed by atoms with Gasteiger partial charge < -0.3 is 4.74 Å². The van der Waals surface area contributed by atoms with Gasteiger partial charge in [0.15, 0.2) is 0 Å². The van der Waals surface area contributed by atoms with Gasteiger partial charge in [-0.05, 0) is 53.4 Å². The van der Waals surface area contributed by atoms with Crippen LogP contribution in [0.4, 0.5) is 4.39 Å². The molecule has 0 aliphatic heterocycles. The summed E-state index contributed by atoms with van der Waals surface area (Å²) in [6.45, 7) is 2.83. The van der Waals surface area contributed by atoms with E-state index in [1.165, 1.54) is 6.07 Å². The van der Waals surface area contributed by atoms with Gasteiger partial charge in [-0.25, -0.2) is 4.39 Å². The van der Waals surface area contributed by atoms with Crippen LogP contribution in [-0.2, 0) is 0 Å². The van der Waals surface area contributed by atoms with Gasteiger partial charge in [0.05, 0.1) is 18.2 Å². The third kappa shape index (κ3) is 3.92. The van der Waals surface area contributed by atoms with Crippen molar-refractivity contribution in [2.45, 2.75) is 19.8 Å². The van der Waals surface area contributed by atoms with E-state index in [1.54, 1.807) is 30.3 Å². The van der Waals surface area contributed by atoms with E-state index in [2.05, 4.69) is 13.0 Å². The number of unbranched alkanes of at least 4 members (excludes halogenated alkanes) is 1. The quantitative estimate of drug-likeness (QED) is 0.498. The van der Waals surface area contributed by atoms with Crippen molar-refractivity contribution in [3.8, 4) is 34.1 Å². The molecule has 0 amide bonds. The number of benzene rings is 3. The second-order valence-corrected chi connectivity index (χ2v) is 6.08. The van der Waals surface area contributed by atoms with Crippen LogP contribution in [0.15, 0.2) is 66.7 Å². The molecule has 3 rings (SSSR count). The lowest BCUT2D eigenvalue weighted by atomic mass is 9.93. The van der Waals surface area contributed by atoms with E-state index in [0.29, 0.717) is 17.7 Å². The fraction of sp³-hybridized carbons (Fsp3) is 0.174. The van der Waals surface area contributed by atoms with Crippen LogP contribution >= 0.6 is 0 Å². The summed E-state index contributed by atoms with van der Waals surface area (Å²) in [6.07, 6.45) is 2.11. The standard InChI is InChI=1S/C23H20FNO/c1-2-3-15-26-20-13-11-18(12-14-20)21-5-4-6-22(24)23(21)19-9-7-17(16-25)8-10-19/h4-14H,2-3,15H2,1H3. The molecule has 3 aromatic rings. The van der Waals surface area contributed by atoms with Crippen LogP contribution in [0.3, 0.4) is 0 Å². The third-order valence-electron chi connectivity index (χ3n) is 4.25. The summed E-state index contributed by atoms with van der Waals surface area (Å²) in [6, 6.07) is 21.9. The largest absolute Gasteiger partial charge is 0.494 e. The average Bonchev–Trinajstić information content (AvgIpc) is 2.69. The molecular formula is C23H20FNO. The Kier molecular flexibility index (Phi) is 5.66. The van der Waals surface area contributed by atoms with E-state index in [-0.39, 0.29) is 5.82 Å². The average molecular weight is 345 g/mol. The smallest absolute Gasteiger partial charge is 0.131 e. The van der Waals surface area contributed by atoms with Crippen LogP contribution in [-0.4, -0.2) is 6.61 Å². The first-order valence-electron chi connectivity index (χ1n) is 8.75. The minimum absolute atomic E-state index is 0.282. The number of halogens is 1. The van der Waals surface area contributed by atoms with Crippen molar-refractivity contribution in [1.82, 2.24) is 0 Å². The number of rotatable bonds is 6. The number of nitrogens with zero attached hydrogens (tertiary/aromatic N) is 1. The molecule has 3 aromatic carbocycles. The summed E-state index contributed by atoms with van der Waals surface area (Å²) in [5.74, 6) is 0.536. The first-order chi connectivity index (χ1) is 12.7. The molecule has 0 heterocycles. The predicted molar refractivity (Wildman–Crippen MR) is 102 cm³/mol. The fourth-order valence-electron chi connectivity index (χ4n) is 2.83. The molecule has 0 unspecified atom stereocenters. The molecule has 0 aromatic heterocycles. The molecule has 26 heavy (non-hydrogen) atoms. The molecule has 0 fully saturated rings. The number of ether oxygens (including phenoxy) is 1. The van der Waals surface area contributed by atoms with E-state index in [1.807, 2.05) is 30.3 Å². The number of hydrogen-bond donors (Lipinski definition) is 0. The molecule has 130 valence electrons. The zero-order valence-corrected chi connectivity index (χ0v) is 14.7. The Bertz CT molecular complexity index is 908. The molecule has 0 spiro atoms. The molecule has 0 radical (unpaired) electrons. The van der Waals surface area contributed by atoms with Crippen LogP contribution in [0.5, 0.6) is 5.75 Å². The Labute approximate surface area is 153 Å². The molecule has 0 bridgehead atoms. The van der Waals surface area contributed by atoms with E-state index in [9.17, 15) is 4.39 Å². The Morgan fingerprint density at radius 1 is 0.923 bits per heavy atom. The lowest BCUT2D eigenvalue weighted by Gasteiger charge is -2.12. The van der Waals surface area contributed by atoms with E-state index < -0.39 is 0 Å². The highest BCUT2D eigenvalue weighted by Gasteiger charge is 2.12. The SMILES string of the molecule is CCCCOc1ccc(-c2cccc(F)c2-c2ccc(C#N)cc2)cc1. The molecule has 0 aliphatic carbocycles. The molecule has 0 atom stereocenters. The van der Waals surface area contributed by atoms with E-state index in [0.717, 1.165) is 35.3 Å². The van der Waals surface area contributed by atoms with Gasteiger partial charge in [0, 0.05) is 5.56 Å². The molecule has 0 aliphatic rings. The van der Waals surface area contributed by atoms with Crippen molar-refractivity contribution in [2.24, 2.45) is 0 Å². The lowest BCUT2D eigenvalue weighted by molar-refractivity contribution is 0.309. The van der Waals surface area contributed by atoms with Crippen LogP contribution in [0.2, 0.25) is 0 Å². The summed E-state index contributed by atoms with van der Waals surface area (Å²) >= 11 is 0. The lowest BCUT2D eigenvalue weighted by Crippen LogP contribution is -1.96. The summed E-state index contributed by atoms with van der Waals surface area (Å²) in [4.78, 5) is 0. The predicted octanol–water partition coefficient (Wildman–Crippen LogP) is 6.21. The van der Waals surface area contributed by atoms with Gasteiger partial charge in [-0.2, -0.15) is 5.26 Å². The minimum Gasteiger partial charge on any atom is -0.494 e. The maximum atomic E-state index is 14.6. The van der Waals surface area contributed by atoms with Crippen LogP contribution in [0.1, 0.15) is 25.3 Å². The Morgan fingerprint density at radius 3 is 2.27 bits per heavy atom. The Balaban J connectivity index is 1.95. The van der Waals surface area contributed by atoms with E-state index >= 15 is 0 Å². The first kappa shape index (κ1) is 17.7. The molecule has 2 nitrogen and oxygen atoms in total. The van der Waals surface area contributed by atoms with Crippen molar-refractivity contribution in [2.75, 3.05) is 6.61 Å². The highest BCUT2D eigenvalue weighted by atomic mass is 19.1. The van der Waals surface area contributed by atoms with Crippen molar-refractivity contribution in [1.29, 1.82) is 5.26 Å². The van der Waals surface area contributed by atoms with Gasteiger partial charge in [0.25, 0.3) is 0 Å². The first-order valence-corrected chi connectivity index (χ1v) is 8.75. The molecule has 0 saturated heterocycles. The normalized spacial score (nSPS) is 10.3. The maximum Gasteiger partial charge on any atom is 0.131 e.